The first kappa shape index (κ1) is 18.3. The summed E-state index contributed by atoms with van der Waals surface area (Å²) in [6.07, 6.45) is 0.596. The summed E-state index contributed by atoms with van der Waals surface area (Å²) in [5, 5.41) is 9.68. The van der Waals surface area contributed by atoms with E-state index >= 15 is 0 Å². The number of carbonyl (C=O) groups is 1. The Morgan fingerprint density at radius 3 is 2.04 bits per heavy atom. The van der Waals surface area contributed by atoms with Crippen LogP contribution in [0.25, 0.3) is 27.1 Å². The summed E-state index contributed by atoms with van der Waals surface area (Å²) >= 11 is 0. The van der Waals surface area contributed by atoms with Crippen LogP contribution in [0.4, 0.5) is 5.69 Å². The van der Waals surface area contributed by atoms with Gasteiger partial charge in [0.1, 0.15) is 11.4 Å². The molecule has 0 unspecified atom stereocenters. The van der Waals surface area contributed by atoms with E-state index in [2.05, 4.69) is 4.85 Å². The molecular weight excluding hydrogens is 340 g/mol. The van der Waals surface area contributed by atoms with Crippen LogP contribution >= 0.6 is 0 Å². The maximum absolute atomic E-state index is 11.8. The molecule has 0 spiro atoms. The molecule has 1 heterocycles. The minimum Gasteiger partial charge on any atom is -0.497 e. The molecule has 0 saturated heterocycles. The van der Waals surface area contributed by atoms with Crippen LogP contribution in [0.1, 0.15) is 23.1 Å². The van der Waals surface area contributed by atoms with Crippen molar-refractivity contribution in [2.24, 2.45) is 7.05 Å². The first-order chi connectivity index (χ1) is 13.0. The van der Waals surface area contributed by atoms with Gasteiger partial charge in [0.25, 0.3) is 0 Å². The summed E-state index contributed by atoms with van der Waals surface area (Å²) in [7, 11) is 3.33. The quantitative estimate of drug-likeness (QED) is 0.638. The fraction of sp³-hybridized carbons (Fsp3) is 0.182. The molecule has 5 nitrogen and oxygen atoms in total. The van der Waals surface area contributed by atoms with E-state index in [4.69, 9.17) is 11.3 Å². The fourth-order valence-corrected chi connectivity index (χ4v) is 3.38. The lowest BCUT2D eigenvalue weighted by molar-refractivity contribution is 0.0687. The number of rotatable bonds is 5. The van der Waals surface area contributed by atoms with E-state index in [1.807, 2.05) is 55.5 Å². The van der Waals surface area contributed by atoms with Gasteiger partial charge < -0.3 is 14.4 Å². The maximum atomic E-state index is 11.8. The van der Waals surface area contributed by atoms with Crippen LogP contribution in [-0.4, -0.2) is 22.8 Å². The number of nitrogens with zero attached hydrogens (tertiary/aromatic N) is 2. The molecule has 0 aliphatic heterocycles. The van der Waals surface area contributed by atoms with Crippen molar-refractivity contribution in [2.45, 2.75) is 13.3 Å². The van der Waals surface area contributed by atoms with Crippen molar-refractivity contribution in [1.29, 1.82) is 0 Å². The lowest BCUT2D eigenvalue weighted by atomic mass is 9.99. The highest BCUT2D eigenvalue weighted by molar-refractivity contribution is 6.00. The molecule has 5 heteroatoms. The molecule has 136 valence electrons. The Hall–Kier alpha value is -3.52. The Morgan fingerprint density at radius 2 is 1.59 bits per heavy atom. The van der Waals surface area contributed by atoms with E-state index < -0.39 is 5.97 Å². The van der Waals surface area contributed by atoms with Gasteiger partial charge in [0.05, 0.1) is 13.7 Å². The summed E-state index contributed by atoms with van der Waals surface area (Å²) in [5.41, 5.74) is 4.55. The van der Waals surface area contributed by atoms with Gasteiger partial charge in [-0.1, -0.05) is 43.3 Å². The molecule has 3 rings (SSSR count). The lowest BCUT2D eigenvalue weighted by Crippen LogP contribution is -2.07. The zero-order valence-electron chi connectivity index (χ0n) is 15.5. The van der Waals surface area contributed by atoms with E-state index in [1.54, 1.807) is 18.7 Å². The highest BCUT2D eigenvalue weighted by Gasteiger charge is 2.25. The minimum atomic E-state index is -1.03. The third kappa shape index (κ3) is 3.18. The smallest absolute Gasteiger partial charge is 0.351 e. The van der Waals surface area contributed by atoms with Crippen molar-refractivity contribution in [1.82, 2.24) is 4.57 Å². The van der Waals surface area contributed by atoms with E-state index in [-0.39, 0.29) is 5.69 Å². The number of ether oxygens (including phenoxy) is 1. The highest BCUT2D eigenvalue weighted by Crippen LogP contribution is 2.40. The SMILES string of the molecule is [C-]#[N+]c1c(-c2ccc(-c3ccc(OC)cc3)cc2)c(C(=O)O)n(C)c1CC. The molecule has 27 heavy (non-hydrogen) atoms. The molecular formula is C22H20N2O3. The average Bonchev–Trinajstić information content (AvgIpc) is 2.99. The zero-order valence-corrected chi connectivity index (χ0v) is 15.5. The number of hydrogen-bond acceptors (Lipinski definition) is 2. The Bertz CT molecular complexity index is 1020. The normalized spacial score (nSPS) is 10.4. The third-order valence-electron chi connectivity index (χ3n) is 4.73. The predicted molar refractivity (Wildman–Crippen MR) is 105 cm³/mol. The Labute approximate surface area is 158 Å². The van der Waals surface area contributed by atoms with Crippen LogP contribution in [0.3, 0.4) is 0 Å². The monoisotopic (exact) mass is 360 g/mol. The predicted octanol–water partition coefficient (Wildman–Crippen LogP) is 5.18. The molecule has 1 aromatic heterocycles. The van der Waals surface area contributed by atoms with Crippen LogP contribution in [0.15, 0.2) is 48.5 Å². The van der Waals surface area contributed by atoms with Gasteiger partial charge >= 0.3 is 5.97 Å². The lowest BCUT2D eigenvalue weighted by Gasteiger charge is -2.07. The summed E-state index contributed by atoms with van der Waals surface area (Å²) in [6.45, 7) is 9.47. The topological polar surface area (TPSA) is 55.8 Å². The number of hydrogen-bond donors (Lipinski definition) is 1. The summed E-state index contributed by atoms with van der Waals surface area (Å²) in [4.78, 5) is 15.5. The van der Waals surface area contributed by atoms with Gasteiger partial charge in [-0.2, -0.15) is 0 Å². The van der Waals surface area contributed by atoms with Crippen LogP contribution in [0.2, 0.25) is 0 Å². The van der Waals surface area contributed by atoms with Gasteiger partial charge in [0.15, 0.2) is 0 Å². The van der Waals surface area contributed by atoms with Crippen LogP contribution in [0.5, 0.6) is 5.75 Å². The molecule has 0 amide bonds. The van der Waals surface area contributed by atoms with E-state index in [0.29, 0.717) is 17.7 Å². The average molecular weight is 360 g/mol. The number of carboxylic acid groups (broad SMARTS) is 1. The summed E-state index contributed by atoms with van der Waals surface area (Å²) in [5.74, 6) is -0.240. The zero-order chi connectivity index (χ0) is 19.6. The van der Waals surface area contributed by atoms with Crippen molar-refractivity contribution in [2.75, 3.05) is 7.11 Å². The van der Waals surface area contributed by atoms with E-state index in [9.17, 15) is 9.90 Å². The van der Waals surface area contributed by atoms with E-state index in [1.165, 1.54) is 0 Å². The van der Waals surface area contributed by atoms with Crippen LogP contribution in [0, 0.1) is 6.57 Å². The maximum Gasteiger partial charge on any atom is 0.351 e. The van der Waals surface area contributed by atoms with Crippen LogP contribution in [-0.2, 0) is 13.5 Å². The Balaban J connectivity index is 2.10. The van der Waals surface area contributed by atoms with Gasteiger partial charge in [0.2, 0.25) is 5.69 Å². The molecule has 0 atom stereocenters. The molecule has 0 radical (unpaired) electrons. The van der Waals surface area contributed by atoms with Gasteiger partial charge in [-0.25, -0.2) is 9.64 Å². The first-order valence-electron chi connectivity index (χ1n) is 8.59. The second-order valence-corrected chi connectivity index (χ2v) is 6.15. The van der Waals surface area contributed by atoms with Crippen molar-refractivity contribution < 1.29 is 14.6 Å². The standard InChI is InChI=1S/C22H20N2O3/c1-5-18-20(23-2)19(21(22(25)26)24(18)3)16-8-6-14(7-9-16)15-10-12-17(27-4)13-11-15/h6-13H,5H2,1,3-4H3,(H,25,26). The van der Waals surface area contributed by atoms with Crippen LogP contribution < -0.4 is 4.74 Å². The molecule has 3 aromatic rings. The van der Waals surface area contributed by atoms with Crippen molar-refractivity contribution in [3.05, 3.63) is 71.3 Å². The fourth-order valence-electron chi connectivity index (χ4n) is 3.38. The van der Waals surface area contributed by atoms with Gasteiger partial charge in [0, 0.05) is 18.3 Å². The van der Waals surface area contributed by atoms with Crippen molar-refractivity contribution in [3.63, 3.8) is 0 Å². The van der Waals surface area contributed by atoms with Gasteiger partial charge in [-0.05, 0) is 35.2 Å². The second kappa shape index (κ2) is 7.38. The molecule has 2 aromatic carbocycles. The van der Waals surface area contributed by atoms with Crippen molar-refractivity contribution >= 4 is 11.7 Å². The summed E-state index contributed by atoms with van der Waals surface area (Å²) < 4.78 is 6.79. The number of methoxy groups -OCH3 is 1. The Kier molecular flexibility index (Phi) is 5.00. The first-order valence-corrected chi connectivity index (χ1v) is 8.59. The third-order valence-corrected chi connectivity index (χ3v) is 4.73. The number of benzene rings is 2. The second-order valence-electron chi connectivity index (χ2n) is 6.15. The number of carboxylic acids is 1. The van der Waals surface area contributed by atoms with Gasteiger partial charge in [-0.3, -0.25) is 0 Å². The highest BCUT2D eigenvalue weighted by atomic mass is 16.5. The minimum absolute atomic E-state index is 0.148. The molecule has 0 aliphatic carbocycles. The molecule has 0 fully saturated rings. The molecule has 1 N–H and O–H groups in total. The largest absolute Gasteiger partial charge is 0.497 e. The number of aromatic carboxylic acids is 1. The van der Waals surface area contributed by atoms with Crippen molar-refractivity contribution in [3.8, 4) is 28.0 Å². The molecule has 0 bridgehead atoms. The number of aromatic nitrogens is 1. The summed E-state index contributed by atoms with van der Waals surface area (Å²) in [6, 6.07) is 15.4. The van der Waals surface area contributed by atoms with E-state index in [0.717, 1.165) is 28.1 Å². The molecule has 0 saturated carbocycles. The Morgan fingerprint density at radius 1 is 1.07 bits per heavy atom. The molecule has 0 aliphatic rings. The van der Waals surface area contributed by atoms with Gasteiger partial charge in [-0.15, -0.1) is 0 Å².